The SMILES string of the molecule is CCCOc1ccccc1C(NC)C1CCCCS1. The first-order chi connectivity index (χ1) is 9.36. The van der Waals surface area contributed by atoms with Crippen LogP contribution in [0.15, 0.2) is 24.3 Å². The minimum Gasteiger partial charge on any atom is -0.493 e. The molecule has 1 aliphatic heterocycles. The minimum atomic E-state index is 0.401. The lowest BCUT2D eigenvalue weighted by Crippen LogP contribution is -2.29. The Morgan fingerprint density at radius 3 is 2.89 bits per heavy atom. The van der Waals surface area contributed by atoms with E-state index < -0.39 is 0 Å². The van der Waals surface area contributed by atoms with Gasteiger partial charge in [-0.05, 0) is 38.1 Å². The molecule has 1 aliphatic rings. The van der Waals surface area contributed by atoms with E-state index in [1.807, 2.05) is 0 Å². The number of ether oxygens (including phenoxy) is 1. The molecule has 2 nitrogen and oxygen atoms in total. The molecular formula is C16H25NOS. The highest BCUT2D eigenvalue weighted by Crippen LogP contribution is 2.37. The number of hydrogen-bond donors (Lipinski definition) is 1. The van der Waals surface area contributed by atoms with Crippen molar-refractivity contribution in [3.8, 4) is 5.75 Å². The van der Waals surface area contributed by atoms with E-state index in [-0.39, 0.29) is 0 Å². The van der Waals surface area contributed by atoms with Crippen molar-refractivity contribution < 1.29 is 4.74 Å². The van der Waals surface area contributed by atoms with Crippen LogP contribution in [0.3, 0.4) is 0 Å². The molecule has 0 saturated carbocycles. The van der Waals surface area contributed by atoms with Crippen LogP contribution in [-0.4, -0.2) is 24.7 Å². The van der Waals surface area contributed by atoms with Gasteiger partial charge in [-0.25, -0.2) is 0 Å². The summed E-state index contributed by atoms with van der Waals surface area (Å²) in [6.07, 6.45) is 5.08. The van der Waals surface area contributed by atoms with Crippen molar-refractivity contribution >= 4 is 11.8 Å². The molecule has 2 rings (SSSR count). The monoisotopic (exact) mass is 279 g/mol. The molecule has 3 heteroatoms. The zero-order chi connectivity index (χ0) is 13.5. The molecule has 2 unspecified atom stereocenters. The average Bonchev–Trinajstić information content (AvgIpc) is 2.48. The zero-order valence-corrected chi connectivity index (χ0v) is 12.8. The first kappa shape index (κ1) is 14.7. The Morgan fingerprint density at radius 1 is 1.37 bits per heavy atom. The maximum atomic E-state index is 5.91. The molecular weight excluding hydrogens is 254 g/mol. The molecule has 19 heavy (non-hydrogen) atoms. The van der Waals surface area contributed by atoms with Gasteiger partial charge in [-0.3, -0.25) is 0 Å². The summed E-state index contributed by atoms with van der Waals surface area (Å²) in [6.45, 7) is 2.94. The van der Waals surface area contributed by atoms with Gasteiger partial charge in [0, 0.05) is 16.9 Å². The van der Waals surface area contributed by atoms with Gasteiger partial charge in [0.1, 0.15) is 5.75 Å². The number of hydrogen-bond acceptors (Lipinski definition) is 3. The largest absolute Gasteiger partial charge is 0.493 e. The molecule has 106 valence electrons. The van der Waals surface area contributed by atoms with Crippen molar-refractivity contribution in [2.75, 3.05) is 19.4 Å². The standard InChI is InChI=1S/C16H25NOS/c1-3-11-18-14-9-5-4-8-13(14)16(17-2)15-10-6-7-12-19-15/h4-5,8-9,15-17H,3,6-7,10-12H2,1-2H3. The number of para-hydroxylation sites is 1. The third-order valence-corrected chi connectivity index (χ3v) is 5.07. The molecule has 1 aromatic carbocycles. The highest BCUT2D eigenvalue weighted by atomic mass is 32.2. The van der Waals surface area contributed by atoms with Crippen LogP contribution < -0.4 is 10.1 Å². The molecule has 1 heterocycles. The van der Waals surface area contributed by atoms with Crippen molar-refractivity contribution in [3.63, 3.8) is 0 Å². The first-order valence-electron chi connectivity index (χ1n) is 7.37. The number of rotatable bonds is 6. The van der Waals surface area contributed by atoms with Crippen LogP contribution in [0.5, 0.6) is 5.75 Å². The fourth-order valence-corrected chi connectivity index (χ4v) is 4.13. The van der Waals surface area contributed by atoms with Crippen LogP contribution >= 0.6 is 11.8 Å². The Morgan fingerprint density at radius 2 is 2.21 bits per heavy atom. The van der Waals surface area contributed by atoms with E-state index in [1.165, 1.54) is 30.6 Å². The average molecular weight is 279 g/mol. The fraction of sp³-hybridized carbons (Fsp3) is 0.625. The molecule has 1 fully saturated rings. The van der Waals surface area contributed by atoms with Gasteiger partial charge in [-0.1, -0.05) is 31.5 Å². The molecule has 0 spiro atoms. The third kappa shape index (κ3) is 3.90. The van der Waals surface area contributed by atoms with E-state index in [0.717, 1.165) is 18.8 Å². The second kappa shape index (κ2) is 7.81. The maximum Gasteiger partial charge on any atom is 0.124 e. The molecule has 0 aromatic heterocycles. The van der Waals surface area contributed by atoms with E-state index in [0.29, 0.717) is 11.3 Å². The minimum absolute atomic E-state index is 0.401. The van der Waals surface area contributed by atoms with Crippen molar-refractivity contribution in [2.45, 2.75) is 43.9 Å². The molecule has 1 saturated heterocycles. The van der Waals surface area contributed by atoms with Crippen molar-refractivity contribution in [2.24, 2.45) is 0 Å². The molecule has 0 amide bonds. The van der Waals surface area contributed by atoms with Crippen molar-refractivity contribution in [1.29, 1.82) is 0 Å². The van der Waals surface area contributed by atoms with Gasteiger partial charge in [0.2, 0.25) is 0 Å². The Hall–Kier alpha value is -0.670. The Bertz CT molecular complexity index is 377. The lowest BCUT2D eigenvalue weighted by Gasteiger charge is -2.31. The fourth-order valence-electron chi connectivity index (χ4n) is 2.65. The highest BCUT2D eigenvalue weighted by Gasteiger charge is 2.26. The van der Waals surface area contributed by atoms with Crippen LogP contribution in [0, 0.1) is 0 Å². The molecule has 1 N–H and O–H groups in total. The van der Waals surface area contributed by atoms with E-state index in [4.69, 9.17) is 4.74 Å². The molecule has 0 radical (unpaired) electrons. The number of nitrogens with one attached hydrogen (secondary N) is 1. The maximum absolute atomic E-state index is 5.91. The van der Waals surface area contributed by atoms with Gasteiger partial charge < -0.3 is 10.1 Å². The Balaban J connectivity index is 2.16. The van der Waals surface area contributed by atoms with E-state index in [9.17, 15) is 0 Å². The summed E-state index contributed by atoms with van der Waals surface area (Å²) in [6, 6.07) is 8.89. The van der Waals surface area contributed by atoms with Gasteiger partial charge in [0.25, 0.3) is 0 Å². The highest BCUT2D eigenvalue weighted by molar-refractivity contribution is 8.00. The van der Waals surface area contributed by atoms with Gasteiger partial charge in [0.15, 0.2) is 0 Å². The molecule has 1 aromatic rings. The normalized spacial score (nSPS) is 21.1. The zero-order valence-electron chi connectivity index (χ0n) is 12.0. The van der Waals surface area contributed by atoms with Crippen LogP contribution in [0.25, 0.3) is 0 Å². The third-order valence-electron chi connectivity index (χ3n) is 3.61. The van der Waals surface area contributed by atoms with E-state index in [2.05, 4.69) is 55.3 Å². The molecule has 0 aliphatic carbocycles. The van der Waals surface area contributed by atoms with Crippen molar-refractivity contribution in [1.82, 2.24) is 5.32 Å². The predicted octanol–water partition coefficient (Wildman–Crippen LogP) is 4.02. The quantitative estimate of drug-likeness (QED) is 0.849. The number of benzene rings is 1. The van der Waals surface area contributed by atoms with E-state index in [1.54, 1.807) is 0 Å². The summed E-state index contributed by atoms with van der Waals surface area (Å²) < 4.78 is 5.91. The lowest BCUT2D eigenvalue weighted by atomic mass is 9.98. The summed E-state index contributed by atoms with van der Waals surface area (Å²) in [5.41, 5.74) is 1.32. The van der Waals surface area contributed by atoms with Crippen LogP contribution in [-0.2, 0) is 0 Å². The first-order valence-corrected chi connectivity index (χ1v) is 8.42. The summed E-state index contributed by atoms with van der Waals surface area (Å²) in [4.78, 5) is 0. The second-order valence-corrected chi connectivity index (χ2v) is 6.40. The van der Waals surface area contributed by atoms with Gasteiger partial charge in [-0.2, -0.15) is 11.8 Å². The van der Waals surface area contributed by atoms with Gasteiger partial charge in [-0.15, -0.1) is 0 Å². The molecule has 0 bridgehead atoms. The van der Waals surface area contributed by atoms with Crippen LogP contribution in [0.2, 0.25) is 0 Å². The topological polar surface area (TPSA) is 21.3 Å². The van der Waals surface area contributed by atoms with Crippen LogP contribution in [0.4, 0.5) is 0 Å². The number of thioether (sulfide) groups is 1. The van der Waals surface area contributed by atoms with E-state index >= 15 is 0 Å². The van der Waals surface area contributed by atoms with Gasteiger partial charge in [0.05, 0.1) is 6.61 Å². The summed E-state index contributed by atoms with van der Waals surface area (Å²) in [7, 11) is 2.07. The Labute approximate surface area is 121 Å². The summed E-state index contributed by atoms with van der Waals surface area (Å²) in [5, 5.41) is 4.18. The van der Waals surface area contributed by atoms with Crippen LogP contribution in [0.1, 0.15) is 44.2 Å². The molecule has 2 atom stereocenters. The lowest BCUT2D eigenvalue weighted by molar-refractivity contribution is 0.309. The second-order valence-electron chi connectivity index (χ2n) is 5.06. The van der Waals surface area contributed by atoms with Gasteiger partial charge >= 0.3 is 0 Å². The summed E-state index contributed by atoms with van der Waals surface area (Å²) >= 11 is 2.11. The summed E-state index contributed by atoms with van der Waals surface area (Å²) in [5.74, 6) is 2.34. The van der Waals surface area contributed by atoms with Crippen molar-refractivity contribution in [3.05, 3.63) is 29.8 Å². The predicted molar refractivity (Wildman–Crippen MR) is 84.1 cm³/mol. The Kier molecular flexibility index (Phi) is 6.05. The smallest absolute Gasteiger partial charge is 0.124 e.